The molecule has 13 heavy (non-hydrogen) atoms. The van der Waals surface area contributed by atoms with Crippen LogP contribution in [0.4, 0.5) is 14.6 Å². The molecule has 1 aliphatic carbocycles. The van der Waals surface area contributed by atoms with Crippen molar-refractivity contribution in [2.24, 2.45) is 5.92 Å². The van der Waals surface area contributed by atoms with E-state index in [9.17, 15) is 8.78 Å². The maximum atomic E-state index is 12.4. The Morgan fingerprint density at radius 2 is 2.31 bits per heavy atom. The van der Waals surface area contributed by atoms with Crippen molar-refractivity contribution in [3.63, 3.8) is 0 Å². The zero-order valence-electron chi connectivity index (χ0n) is 6.95. The van der Waals surface area contributed by atoms with Crippen LogP contribution in [0.5, 0.6) is 0 Å². The van der Waals surface area contributed by atoms with Gasteiger partial charge in [-0.1, -0.05) is 0 Å². The molecule has 2 N–H and O–H groups in total. The topological polar surface area (TPSA) is 56.7 Å². The number of nitrogens with zero attached hydrogens (tertiary/aromatic N) is 3. The molecule has 1 aromatic heterocycles. The molecule has 0 bridgehead atoms. The first-order valence-electron chi connectivity index (χ1n) is 4.09. The van der Waals surface area contributed by atoms with E-state index in [4.69, 9.17) is 5.73 Å². The van der Waals surface area contributed by atoms with Crippen LogP contribution >= 0.6 is 0 Å². The summed E-state index contributed by atoms with van der Waals surface area (Å²) in [7, 11) is 0. The zero-order valence-corrected chi connectivity index (χ0v) is 6.95. The largest absolute Gasteiger partial charge is 0.381 e. The van der Waals surface area contributed by atoms with Crippen molar-refractivity contribution in [1.82, 2.24) is 15.0 Å². The highest BCUT2D eigenvalue weighted by molar-refractivity contribution is 5.19. The Balaban J connectivity index is 1.87. The molecule has 4 nitrogen and oxygen atoms in total. The van der Waals surface area contributed by atoms with Crippen LogP contribution in [-0.2, 0) is 6.54 Å². The van der Waals surface area contributed by atoms with E-state index < -0.39 is 5.92 Å². The number of hydrogen-bond acceptors (Lipinski definition) is 3. The highest BCUT2D eigenvalue weighted by Crippen LogP contribution is 2.42. The normalized spacial score (nSPS) is 21.4. The molecule has 0 aliphatic heterocycles. The molecule has 0 amide bonds. The lowest BCUT2D eigenvalue weighted by atomic mass is 9.81. The van der Waals surface area contributed by atoms with E-state index in [0.29, 0.717) is 12.4 Å². The number of hydrogen-bond donors (Lipinski definition) is 1. The van der Waals surface area contributed by atoms with E-state index in [-0.39, 0.29) is 18.8 Å². The quantitative estimate of drug-likeness (QED) is 0.750. The number of aromatic nitrogens is 3. The lowest BCUT2D eigenvalue weighted by molar-refractivity contribution is -0.115. The second-order valence-corrected chi connectivity index (χ2v) is 3.45. The minimum absolute atomic E-state index is 0.0122. The van der Waals surface area contributed by atoms with Gasteiger partial charge in [0.1, 0.15) is 0 Å². The predicted molar refractivity (Wildman–Crippen MR) is 42.1 cm³/mol. The van der Waals surface area contributed by atoms with E-state index in [0.717, 1.165) is 0 Å². The molecule has 0 saturated heterocycles. The van der Waals surface area contributed by atoms with Crippen molar-refractivity contribution in [3.8, 4) is 0 Å². The molecule has 1 saturated carbocycles. The van der Waals surface area contributed by atoms with Crippen molar-refractivity contribution in [2.45, 2.75) is 25.3 Å². The van der Waals surface area contributed by atoms with Gasteiger partial charge >= 0.3 is 0 Å². The van der Waals surface area contributed by atoms with Crippen LogP contribution in [0.15, 0.2) is 6.20 Å². The van der Waals surface area contributed by atoms with Crippen molar-refractivity contribution in [1.29, 1.82) is 0 Å². The second kappa shape index (κ2) is 2.65. The number of alkyl halides is 2. The third kappa shape index (κ3) is 1.76. The van der Waals surface area contributed by atoms with E-state index >= 15 is 0 Å². The van der Waals surface area contributed by atoms with Crippen LogP contribution in [0.1, 0.15) is 12.8 Å². The summed E-state index contributed by atoms with van der Waals surface area (Å²) >= 11 is 0. The van der Waals surface area contributed by atoms with Gasteiger partial charge in [-0.05, 0) is 5.92 Å². The van der Waals surface area contributed by atoms with Gasteiger partial charge in [0.2, 0.25) is 5.92 Å². The third-order valence-electron chi connectivity index (χ3n) is 2.15. The van der Waals surface area contributed by atoms with E-state index in [1.165, 1.54) is 11.0 Å². The smallest absolute Gasteiger partial charge is 0.248 e. The Kier molecular flexibility index (Phi) is 1.71. The van der Waals surface area contributed by atoms with Gasteiger partial charge in [-0.3, -0.25) is 0 Å². The Hall–Kier alpha value is -1.20. The van der Waals surface area contributed by atoms with E-state index in [1.807, 2.05) is 0 Å². The van der Waals surface area contributed by atoms with E-state index in [2.05, 4.69) is 10.2 Å². The molecule has 0 unspecified atom stereocenters. The second-order valence-electron chi connectivity index (χ2n) is 3.45. The van der Waals surface area contributed by atoms with Gasteiger partial charge in [0.05, 0.1) is 12.7 Å². The first-order valence-corrected chi connectivity index (χ1v) is 4.09. The molecule has 0 radical (unpaired) electrons. The highest BCUT2D eigenvalue weighted by atomic mass is 19.3. The average Bonchev–Trinajstić information content (AvgIpc) is 2.31. The molecule has 0 spiro atoms. The first-order chi connectivity index (χ1) is 6.05. The number of halogens is 2. The van der Waals surface area contributed by atoms with Gasteiger partial charge in [-0.2, -0.15) is 9.90 Å². The SMILES string of the molecule is Nc1cnn(CC2CC(F)(F)C2)n1. The summed E-state index contributed by atoms with van der Waals surface area (Å²) < 4.78 is 24.8. The minimum atomic E-state index is -2.47. The Bertz CT molecular complexity index is 301. The predicted octanol–water partition coefficient (Wildman–Crippen LogP) is 0.906. The van der Waals surface area contributed by atoms with Gasteiger partial charge in [-0.15, -0.1) is 5.10 Å². The highest BCUT2D eigenvalue weighted by Gasteiger charge is 2.45. The van der Waals surface area contributed by atoms with Gasteiger partial charge in [0.15, 0.2) is 5.82 Å². The Morgan fingerprint density at radius 1 is 1.62 bits per heavy atom. The van der Waals surface area contributed by atoms with Gasteiger partial charge < -0.3 is 5.73 Å². The summed E-state index contributed by atoms with van der Waals surface area (Å²) in [6.07, 6.45) is 1.29. The fourth-order valence-electron chi connectivity index (χ4n) is 1.54. The summed E-state index contributed by atoms with van der Waals surface area (Å²) in [5.41, 5.74) is 5.32. The fourth-order valence-corrected chi connectivity index (χ4v) is 1.54. The van der Waals surface area contributed by atoms with E-state index in [1.54, 1.807) is 0 Å². The first kappa shape index (κ1) is 8.40. The summed E-state index contributed by atoms with van der Waals surface area (Å²) in [5, 5.41) is 7.64. The lowest BCUT2D eigenvalue weighted by Crippen LogP contribution is -2.38. The molecule has 1 aliphatic rings. The molecule has 1 fully saturated rings. The summed E-state index contributed by atoms with van der Waals surface area (Å²) in [5.74, 6) is -2.16. The van der Waals surface area contributed by atoms with Crippen molar-refractivity contribution in [2.75, 3.05) is 5.73 Å². The van der Waals surface area contributed by atoms with Crippen LogP contribution in [0, 0.1) is 5.92 Å². The molecule has 6 heteroatoms. The van der Waals surface area contributed by atoms with Gasteiger partial charge in [0.25, 0.3) is 0 Å². The molecule has 0 aromatic carbocycles. The van der Waals surface area contributed by atoms with Gasteiger partial charge in [0, 0.05) is 12.8 Å². The van der Waals surface area contributed by atoms with Crippen molar-refractivity contribution >= 4 is 5.82 Å². The number of rotatable bonds is 2. The van der Waals surface area contributed by atoms with Crippen LogP contribution in [0.3, 0.4) is 0 Å². The molecular weight excluding hydrogens is 178 g/mol. The summed E-state index contributed by atoms with van der Waals surface area (Å²) in [6.45, 7) is 0.437. The summed E-state index contributed by atoms with van der Waals surface area (Å²) in [4.78, 5) is 1.37. The van der Waals surface area contributed by atoms with Crippen molar-refractivity contribution < 1.29 is 8.78 Å². The fraction of sp³-hybridized carbons (Fsp3) is 0.714. The van der Waals surface area contributed by atoms with Crippen molar-refractivity contribution in [3.05, 3.63) is 6.20 Å². The maximum Gasteiger partial charge on any atom is 0.248 e. The Morgan fingerprint density at radius 3 is 2.77 bits per heavy atom. The molecule has 2 rings (SSSR count). The standard InChI is InChI=1S/C7H10F2N4/c8-7(9)1-5(2-7)4-13-11-3-6(10)12-13/h3,5H,1-2,4H2,(H2,10,12). The summed E-state index contributed by atoms with van der Waals surface area (Å²) in [6, 6.07) is 0. The Labute approximate surface area is 73.7 Å². The van der Waals surface area contributed by atoms with Gasteiger partial charge in [-0.25, -0.2) is 8.78 Å². The number of nitrogens with two attached hydrogens (primary N) is 1. The van der Waals surface area contributed by atoms with Crippen LogP contribution in [0.2, 0.25) is 0 Å². The van der Waals surface area contributed by atoms with Crippen LogP contribution in [0.25, 0.3) is 0 Å². The molecule has 1 heterocycles. The molecule has 1 aromatic rings. The minimum Gasteiger partial charge on any atom is -0.381 e. The molecule has 72 valence electrons. The third-order valence-corrected chi connectivity index (χ3v) is 2.15. The van der Waals surface area contributed by atoms with Crippen LogP contribution in [-0.4, -0.2) is 20.9 Å². The maximum absolute atomic E-state index is 12.4. The monoisotopic (exact) mass is 188 g/mol. The van der Waals surface area contributed by atoms with Crippen LogP contribution < -0.4 is 5.73 Å². The molecular formula is C7H10F2N4. The number of anilines is 1. The zero-order chi connectivity index (χ0) is 9.47. The lowest BCUT2D eigenvalue weighted by Gasteiger charge is -2.34. The number of nitrogen functional groups attached to an aromatic ring is 1. The average molecular weight is 188 g/mol. The molecule has 0 atom stereocenters.